The number of hydrogen-bond acceptors (Lipinski definition) is 3. The summed E-state index contributed by atoms with van der Waals surface area (Å²) >= 11 is 0. The Morgan fingerprint density at radius 2 is 1.90 bits per heavy atom. The van der Waals surface area contributed by atoms with Crippen LogP contribution in [0.25, 0.3) is 0 Å². The minimum atomic E-state index is -0.799. The van der Waals surface area contributed by atoms with Gasteiger partial charge in [0.1, 0.15) is 0 Å². The molecule has 2 rings (SSSR count). The number of hydrogen-bond donors (Lipinski definition) is 2. The summed E-state index contributed by atoms with van der Waals surface area (Å²) in [5, 5.41) is 12.3. The minimum Gasteiger partial charge on any atom is -0.481 e. The van der Waals surface area contributed by atoms with E-state index in [0.717, 1.165) is 29.8 Å². The summed E-state index contributed by atoms with van der Waals surface area (Å²) in [6.45, 7) is 3.20. The summed E-state index contributed by atoms with van der Waals surface area (Å²) in [6, 6.07) is 11.6. The monoisotopic (exact) mass is 270 g/mol. The van der Waals surface area contributed by atoms with E-state index in [1.54, 1.807) is 13.1 Å². The molecule has 2 N–H and O–H groups in total. The summed E-state index contributed by atoms with van der Waals surface area (Å²) in [4.78, 5) is 15.0. The number of carbonyl (C=O) groups is 1. The molecular formula is C16H18N2O2. The van der Waals surface area contributed by atoms with Gasteiger partial charge in [-0.05, 0) is 29.7 Å². The van der Waals surface area contributed by atoms with Crippen LogP contribution < -0.4 is 5.32 Å². The first-order valence-electron chi connectivity index (χ1n) is 6.58. The lowest BCUT2D eigenvalue weighted by atomic mass is 10.00. The van der Waals surface area contributed by atoms with Crippen molar-refractivity contribution < 1.29 is 9.90 Å². The van der Waals surface area contributed by atoms with Crippen molar-refractivity contribution in [1.82, 2.24) is 10.3 Å². The number of carboxylic acids is 1. The summed E-state index contributed by atoms with van der Waals surface area (Å²) in [5.41, 5.74) is 3.10. The molecule has 0 aliphatic carbocycles. The summed E-state index contributed by atoms with van der Waals surface area (Å²) in [7, 11) is 0. The summed E-state index contributed by atoms with van der Waals surface area (Å²) < 4.78 is 0. The van der Waals surface area contributed by atoms with Crippen molar-refractivity contribution in [2.45, 2.75) is 25.9 Å². The number of aromatic nitrogens is 1. The number of benzene rings is 1. The Balaban J connectivity index is 1.86. The molecule has 1 heterocycles. The van der Waals surface area contributed by atoms with Gasteiger partial charge >= 0.3 is 5.97 Å². The Morgan fingerprint density at radius 1 is 1.20 bits per heavy atom. The van der Waals surface area contributed by atoms with Crippen LogP contribution in [0, 0.1) is 0 Å². The van der Waals surface area contributed by atoms with Crippen molar-refractivity contribution in [3.63, 3.8) is 0 Å². The van der Waals surface area contributed by atoms with E-state index in [4.69, 9.17) is 5.11 Å². The Kier molecular flexibility index (Phi) is 4.85. The molecule has 1 aromatic heterocycles. The van der Waals surface area contributed by atoms with Gasteiger partial charge in [0.2, 0.25) is 0 Å². The molecule has 0 aliphatic heterocycles. The van der Waals surface area contributed by atoms with Gasteiger partial charge in [-0.1, -0.05) is 30.3 Å². The fourth-order valence-electron chi connectivity index (χ4n) is 1.92. The third kappa shape index (κ3) is 3.90. The fourth-order valence-corrected chi connectivity index (χ4v) is 1.92. The van der Waals surface area contributed by atoms with Crippen molar-refractivity contribution in [3.8, 4) is 0 Å². The highest BCUT2D eigenvalue weighted by Crippen LogP contribution is 2.16. The predicted octanol–water partition coefficient (Wildman–Crippen LogP) is 2.56. The summed E-state index contributed by atoms with van der Waals surface area (Å²) in [6.07, 6.45) is 3.59. The molecular weight excluding hydrogens is 252 g/mol. The zero-order chi connectivity index (χ0) is 14.4. The van der Waals surface area contributed by atoms with Crippen LogP contribution in [0.2, 0.25) is 0 Å². The molecule has 0 saturated heterocycles. The largest absolute Gasteiger partial charge is 0.481 e. The molecule has 104 valence electrons. The zero-order valence-electron chi connectivity index (χ0n) is 11.4. The molecule has 1 aromatic carbocycles. The van der Waals surface area contributed by atoms with Crippen LogP contribution in [0.3, 0.4) is 0 Å². The molecule has 0 amide bonds. The molecule has 2 aromatic rings. The number of rotatable bonds is 6. The van der Waals surface area contributed by atoms with Crippen molar-refractivity contribution in [3.05, 3.63) is 65.5 Å². The van der Waals surface area contributed by atoms with Crippen LogP contribution in [0.1, 0.15) is 29.5 Å². The third-order valence-corrected chi connectivity index (χ3v) is 3.23. The second kappa shape index (κ2) is 6.82. The standard InChI is InChI=1S/C16H18N2O2/c1-12(16(19)20)15-6-4-13(5-7-15)9-18-11-14-3-2-8-17-10-14/h2-8,10,12,18H,9,11H2,1H3,(H,19,20). The molecule has 0 aliphatic rings. The number of nitrogens with one attached hydrogen (secondary N) is 1. The molecule has 1 unspecified atom stereocenters. The van der Waals surface area contributed by atoms with Gasteiger partial charge in [-0.3, -0.25) is 9.78 Å². The SMILES string of the molecule is CC(C(=O)O)c1ccc(CNCc2cccnc2)cc1. The van der Waals surface area contributed by atoms with Crippen LogP contribution in [-0.2, 0) is 17.9 Å². The van der Waals surface area contributed by atoms with Gasteiger partial charge in [0.05, 0.1) is 5.92 Å². The van der Waals surface area contributed by atoms with Crippen LogP contribution in [0.4, 0.5) is 0 Å². The van der Waals surface area contributed by atoms with Gasteiger partial charge in [0.15, 0.2) is 0 Å². The van der Waals surface area contributed by atoms with E-state index >= 15 is 0 Å². The molecule has 20 heavy (non-hydrogen) atoms. The van der Waals surface area contributed by atoms with E-state index < -0.39 is 11.9 Å². The van der Waals surface area contributed by atoms with Crippen LogP contribution in [0.15, 0.2) is 48.8 Å². The smallest absolute Gasteiger partial charge is 0.310 e. The molecule has 4 heteroatoms. The first kappa shape index (κ1) is 14.2. The van der Waals surface area contributed by atoms with Crippen molar-refractivity contribution in [1.29, 1.82) is 0 Å². The zero-order valence-corrected chi connectivity index (χ0v) is 11.4. The van der Waals surface area contributed by atoms with Crippen molar-refractivity contribution in [2.24, 2.45) is 0 Å². The van der Waals surface area contributed by atoms with Crippen LogP contribution >= 0.6 is 0 Å². The molecule has 0 bridgehead atoms. The lowest BCUT2D eigenvalue weighted by Gasteiger charge is -2.08. The lowest BCUT2D eigenvalue weighted by Crippen LogP contribution is -2.13. The first-order valence-corrected chi connectivity index (χ1v) is 6.58. The summed E-state index contributed by atoms with van der Waals surface area (Å²) in [5.74, 6) is -1.26. The molecule has 0 fully saturated rings. The average Bonchev–Trinajstić information content (AvgIpc) is 2.48. The lowest BCUT2D eigenvalue weighted by molar-refractivity contribution is -0.138. The highest BCUT2D eigenvalue weighted by atomic mass is 16.4. The Labute approximate surface area is 118 Å². The number of aliphatic carboxylic acids is 1. The Bertz CT molecular complexity index is 552. The topological polar surface area (TPSA) is 62.2 Å². The number of pyridine rings is 1. The average molecular weight is 270 g/mol. The van der Waals surface area contributed by atoms with E-state index in [1.807, 2.05) is 42.6 Å². The van der Waals surface area contributed by atoms with Gasteiger partial charge in [0.25, 0.3) is 0 Å². The highest BCUT2D eigenvalue weighted by Gasteiger charge is 2.12. The third-order valence-electron chi connectivity index (χ3n) is 3.23. The number of nitrogens with zero attached hydrogens (tertiary/aromatic N) is 1. The maximum absolute atomic E-state index is 10.9. The van der Waals surface area contributed by atoms with E-state index in [0.29, 0.717) is 0 Å². The molecule has 4 nitrogen and oxygen atoms in total. The van der Waals surface area contributed by atoms with E-state index in [9.17, 15) is 4.79 Å². The first-order chi connectivity index (χ1) is 9.66. The minimum absolute atomic E-state index is 0.465. The quantitative estimate of drug-likeness (QED) is 0.847. The van der Waals surface area contributed by atoms with Crippen LogP contribution in [0.5, 0.6) is 0 Å². The van der Waals surface area contributed by atoms with Gasteiger partial charge < -0.3 is 10.4 Å². The molecule has 0 saturated carbocycles. The van der Waals surface area contributed by atoms with Crippen molar-refractivity contribution >= 4 is 5.97 Å². The van der Waals surface area contributed by atoms with E-state index in [1.165, 1.54) is 0 Å². The highest BCUT2D eigenvalue weighted by molar-refractivity contribution is 5.75. The predicted molar refractivity (Wildman–Crippen MR) is 77.3 cm³/mol. The maximum Gasteiger partial charge on any atom is 0.310 e. The van der Waals surface area contributed by atoms with Gasteiger partial charge in [-0.2, -0.15) is 0 Å². The van der Waals surface area contributed by atoms with E-state index in [2.05, 4.69) is 10.3 Å². The normalized spacial score (nSPS) is 12.1. The molecule has 0 radical (unpaired) electrons. The maximum atomic E-state index is 10.9. The van der Waals surface area contributed by atoms with Gasteiger partial charge in [0, 0.05) is 25.5 Å². The number of carboxylic acid groups (broad SMARTS) is 1. The Morgan fingerprint density at radius 3 is 2.50 bits per heavy atom. The van der Waals surface area contributed by atoms with E-state index in [-0.39, 0.29) is 0 Å². The Hall–Kier alpha value is -2.20. The fraction of sp³-hybridized carbons (Fsp3) is 0.250. The molecule has 0 spiro atoms. The molecule has 1 atom stereocenters. The second-order valence-corrected chi connectivity index (χ2v) is 4.77. The van der Waals surface area contributed by atoms with Crippen molar-refractivity contribution in [2.75, 3.05) is 0 Å². The second-order valence-electron chi connectivity index (χ2n) is 4.77. The van der Waals surface area contributed by atoms with Crippen LogP contribution in [-0.4, -0.2) is 16.1 Å². The van der Waals surface area contributed by atoms with Gasteiger partial charge in [-0.25, -0.2) is 0 Å². The van der Waals surface area contributed by atoms with Gasteiger partial charge in [-0.15, -0.1) is 0 Å².